The van der Waals surface area contributed by atoms with Crippen molar-refractivity contribution in [2.24, 2.45) is 5.92 Å². The van der Waals surface area contributed by atoms with Gasteiger partial charge in [-0.15, -0.1) is 0 Å². The van der Waals surface area contributed by atoms with Crippen molar-refractivity contribution in [1.29, 1.82) is 0 Å². The fraction of sp³-hybridized carbons (Fsp3) is 0.938. The summed E-state index contributed by atoms with van der Waals surface area (Å²) in [5.41, 5.74) is 0. The maximum atomic E-state index is 11.9. The second-order valence-corrected chi connectivity index (χ2v) is 7.23. The van der Waals surface area contributed by atoms with E-state index in [0.29, 0.717) is 6.04 Å². The highest BCUT2D eigenvalue weighted by Crippen LogP contribution is 2.31. The topological polar surface area (TPSA) is 38.8 Å². The molecule has 3 aliphatic rings. The van der Waals surface area contributed by atoms with Gasteiger partial charge in [0.1, 0.15) is 0 Å². The van der Waals surface area contributed by atoms with Gasteiger partial charge in [0, 0.05) is 45.8 Å². The summed E-state index contributed by atoms with van der Waals surface area (Å²) in [5, 5.41) is 3.75. The number of hydrogen-bond donors (Lipinski definition) is 1. The van der Waals surface area contributed by atoms with E-state index in [1.165, 1.54) is 32.4 Å². The molecule has 3 rings (SSSR count). The molecule has 120 valence electrons. The third-order valence-electron chi connectivity index (χ3n) is 5.22. The Morgan fingerprint density at radius 2 is 1.81 bits per heavy atom. The molecule has 2 saturated heterocycles. The maximum Gasteiger partial charge on any atom is 0.319 e. The summed E-state index contributed by atoms with van der Waals surface area (Å²) in [6.45, 7) is 5.57. The summed E-state index contributed by atoms with van der Waals surface area (Å²) < 4.78 is 0. The summed E-state index contributed by atoms with van der Waals surface area (Å²) in [5.74, 6) is 0.840. The number of piperidine rings is 1. The number of hydrogen-bond acceptors (Lipinski definition) is 3. The first-order valence-electron chi connectivity index (χ1n) is 8.57. The number of nitrogens with one attached hydrogen (secondary N) is 1. The van der Waals surface area contributed by atoms with Crippen LogP contribution in [0.4, 0.5) is 4.79 Å². The molecular formula is C16H30N4O. The second kappa shape index (κ2) is 6.53. The molecule has 0 bridgehead atoms. The van der Waals surface area contributed by atoms with Crippen LogP contribution in [-0.4, -0.2) is 79.6 Å². The van der Waals surface area contributed by atoms with Crippen molar-refractivity contribution in [3.63, 3.8) is 0 Å². The van der Waals surface area contributed by atoms with Gasteiger partial charge in [0.15, 0.2) is 0 Å². The minimum absolute atomic E-state index is 0.157. The van der Waals surface area contributed by atoms with E-state index in [0.717, 1.165) is 44.4 Å². The lowest BCUT2D eigenvalue weighted by atomic mass is 10.0. The van der Waals surface area contributed by atoms with Crippen molar-refractivity contribution >= 4 is 6.03 Å². The second-order valence-electron chi connectivity index (χ2n) is 7.23. The van der Waals surface area contributed by atoms with Gasteiger partial charge in [-0.1, -0.05) is 0 Å². The quantitative estimate of drug-likeness (QED) is 0.847. The van der Waals surface area contributed by atoms with Crippen LogP contribution < -0.4 is 5.32 Å². The van der Waals surface area contributed by atoms with Crippen LogP contribution in [0.25, 0.3) is 0 Å². The Kier molecular flexibility index (Phi) is 4.69. The predicted octanol–water partition coefficient (Wildman–Crippen LogP) is 1.21. The molecule has 5 heteroatoms. The number of amides is 2. The lowest BCUT2D eigenvalue weighted by molar-refractivity contribution is 0.151. The lowest BCUT2D eigenvalue weighted by Gasteiger charge is -2.34. The number of carbonyl (C=O) groups excluding carboxylic acids is 1. The van der Waals surface area contributed by atoms with Crippen molar-refractivity contribution in [2.45, 2.75) is 44.2 Å². The van der Waals surface area contributed by atoms with Gasteiger partial charge >= 0.3 is 6.03 Å². The number of urea groups is 1. The summed E-state index contributed by atoms with van der Waals surface area (Å²) in [6.07, 6.45) is 6.41. The Bertz CT molecular complexity index is 361. The van der Waals surface area contributed by atoms with Crippen LogP contribution in [0.2, 0.25) is 0 Å². The molecule has 0 radical (unpaired) electrons. The van der Waals surface area contributed by atoms with E-state index in [9.17, 15) is 4.79 Å². The first kappa shape index (κ1) is 15.1. The van der Waals surface area contributed by atoms with Crippen molar-refractivity contribution < 1.29 is 4.79 Å². The van der Waals surface area contributed by atoms with Gasteiger partial charge in [-0.3, -0.25) is 0 Å². The molecule has 3 fully saturated rings. The standard InChI is InChI=1S/C16H30N4O/c1-18(2)16(21)19-9-6-14(7-10-19)17-11-13-5-8-20(12-13)15-3-4-15/h13-15,17H,3-12H2,1-2H3. The van der Waals surface area contributed by atoms with Crippen molar-refractivity contribution in [3.05, 3.63) is 0 Å². The van der Waals surface area contributed by atoms with Gasteiger partial charge in [0.2, 0.25) is 0 Å². The number of likely N-dealkylation sites (tertiary alicyclic amines) is 2. The van der Waals surface area contributed by atoms with E-state index in [4.69, 9.17) is 0 Å². The van der Waals surface area contributed by atoms with Gasteiger partial charge in [-0.2, -0.15) is 0 Å². The Morgan fingerprint density at radius 1 is 1.10 bits per heavy atom. The average Bonchev–Trinajstić information content (AvgIpc) is 3.24. The van der Waals surface area contributed by atoms with E-state index in [1.54, 1.807) is 4.90 Å². The van der Waals surface area contributed by atoms with Crippen LogP contribution in [0.1, 0.15) is 32.1 Å². The van der Waals surface area contributed by atoms with Gasteiger partial charge in [0.05, 0.1) is 0 Å². The Morgan fingerprint density at radius 3 is 2.43 bits per heavy atom. The smallest absolute Gasteiger partial charge is 0.319 e. The minimum Gasteiger partial charge on any atom is -0.331 e. The molecule has 1 aliphatic carbocycles. The number of carbonyl (C=O) groups is 1. The maximum absolute atomic E-state index is 11.9. The predicted molar refractivity (Wildman–Crippen MR) is 84.4 cm³/mol. The van der Waals surface area contributed by atoms with Crippen molar-refractivity contribution in [1.82, 2.24) is 20.0 Å². The van der Waals surface area contributed by atoms with Crippen molar-refractivity contribution in [3.8, 4) is 0 Å². The van der Waals surface area contributed by atoms with Crippen molar-refractivity contribution in [2.75, 3.05) is 46.8 Å². The van der Waals surface area contributed by atoms with Gasteiger partial charge in [-0.05, 0) is 51.1 Å². The third-order valence-corrected chi connectivity index (χ3v) is 5.22. The fourth-order valence-electron chi connectivity index (χ4n) is 3.69. The number of rotatable bonds is 4. The summed E-state index contributed by atoms with van der Waals surface area (Å²) >= 11 is 0. The largest absolute Gasteiger partial charge is 0.331 e. The van der Waals surface area contributed by atoms with E-state index in [-0.39, 0.29) is 6.03 Å². The zero-order chi connectivity index (χ0) is 14.8. The van der Waals surface area contributed by atoms with E-state index in [2.05, 4.69) is 10.2 Å². The van der Waals surface area contributed by atoms with Crippen LogP contribution in [0.3, 0.4) is 0 Å². The van der Waals surface area contributed by atoms with Crippen LogP contribution >= 0.6 is 0 Å². The first-order valence-corrected chi connectivity index (χ1v) is 8.57. The average molecular weight is 294 g/mol. The highest BCUT2D eigenvalue weighted by molar-refractivity contribution is 5.73. The third kappa shape index (κ3) is 3.89. The molecule has 2 heterocycles. The molecule has 5 nitrogen and oxygen atoms in total. The van der Waals surface area contributed by atoms with Gasteiger partial charge in [0.25, 0.3) is 0 Å². The Hall–Kier alpha value is -0.810. The molecule has 0 aromatic carbocycles. The van der Waals surface area contributed by atoms with Crippen LogP contribution in [0, 0.1) is 5.92 Å². The normalized spacial score (nSPS) is 28.1. The van der Waals surface area contributed by atoms with Gasteiger partial charge in [-0.25, -0.2) is 4.79 Å². The highest BCUT2D eigenvalue weighted by atomic mass is 16.2. The van der Waals surface area contributed by atoms with E-state index >= 15 is 0 Å². The van der Waals surface area contributed by atoms with Crippen LogP contribution in [0.15, 0.2) is 0 Å². The molecule has 21 heavy (non-hydrogen) atoms. The number of nitrogens with zero attached hydrogens (tertiary/aromatic N) is 3. The fourth-order valence-corrected chi connectivity index (χ4v) is 3.69. The Labute approximate surface area is 128 Å². The summed E-state index contributed by atoms with van der Waals surface area (Å²) in [7, 11) is 3.66. The zero-order valence-electron chi connectivity index (χ0n) is 13.6. The lowest BCUT2D eigenvalue weighted by Crippen LogP contribution is -2.48. The molecule has 0 aromatic heterocycles. The molecule has 2 amide bonds. The molecule has 1 saturated carbocycles. The SMILES string of the molecule is CN(C)C(=O)N1CCC(NCC2CCN(C3CC3)C2)CC1. The highest BCUT2D eigenvalue weighted by Gasteiger charge is 2.34. The molecule has 1 atom stereocenters. The molecule has 2 aliphatic heterocycles. The molecule has 0 spiro atoms. The van der Waals surface area contributed by atoms with Crippen LogP contribution in [-0.2, 0) is 0 Å². The summed E-state index contributed by atoms with van der Waals surface area (Å²) in [4.78, 5) is 18.2. The molecular weight excluding hydrogens is 264 g/mol. The monoisotopic (exact) mass is 294 g/mol. The Balaban J connectivity index is 1.33. The van der Waals surface area contributed by atoms with E-state index in [1.807, 2.05) is 19.0 Å². The zero-order valence-corrected chi connectivity index (χ0v) is 13.6. The van der Waals surface area contributed by atoms with Crippen LogP contribution in [0.5, 0.6) is 0 Å². The molecule has 1 unspecified atom stereocenters. The van der Waals surface area contributed by atoms with E-state index < -0.39 is 0 Å². The molecule has 1 N–H and O–H groups in total. The minimum atomic E-state index is 0.157. The first-order chi connectivity index (χ1) is 10.1. The van der Waals surface area contributed by atoms with Gasteiger partial charge < -0.3 is 20.0 Å². The summed E-state index contributed by atoms with van der Waals surface area (Å²) in [6, 6.07) is 1.69. The molecule has 0 aromatic rings.